The fraction of sp³-hybridized carbons (Fsp3) is 0.615. The molecular formula is C13H17N3O2S. The Bertz CT molecular complexity index is 488. The zero-order chi connectivity index (χ0) is 13.4. The second-order valence-electron chi connectivity index (χ2n) is 5.31. The molecule has 0 saturated carbocycles. The van der Waals surface area contributed by atoms with E-state index >= 15 is 0 Å². The van der Waals surface area contributed by atoms with Gasteiger partial charge in [0.15, 0.2) is 0 Å². The fourth-order valence-corrected chi connectivity index (χ4v) is 3.53. The molecule has 2 bridgehead atoms. The van der Waals surface area contributed by atoms with Crippen LogP contribution in [0.2, 0.25) is 0 Å². The van der Waals surface area contributed by atoms with Crippen LogP contribution in [0.3, 0.4) is 0 Å². The normalized spacial score (nSPS) is 27.3. The summed E-state index contributed by atoms with van der Waals surface area (Å²) in [6, 6.07) is 0.155. The smallest absolute Gasteiger partial charge is 0.273 e. The Balaban J connectivity index is 1.85. The summed E-state index contributed by atoms with van der Waals surface area (Å²) in [5, 5.41) is 1.77. The molecular weight excluding hydrogens is 262 g/mol. The molecule has 2 amide bonds. The largest absolute Gasteiger partial charge is 0.341 e. The molecule has 0 spiro atoms. The minimum absolute atomic E-state index is 0.0405. The van der Waals surface area contributed by atoms with E-state index in [1.807, 2.05) is 16.8 Å². The minimum atomic E-state index is -0.0416. The number of carbonyl (C=O) groups excluding carboxylic acids is 2. The van der Waals surface area contributed by atoms with Crippen LogP contribution in [0.4, 0.5) is 0 Å². The molecule has 2 atom stereocenters. The summed E-state index contributed by atoms with van der Waals surface area (Å²) in [4.78, 5) is 32.4. The van der Waals surface area contributed by atoms with Gasteiger partial charge in [0.05, 0.1) is 11.4 Å². The van der Waals surface area contributed by atoms with Crippen molar-refractivity contribution in [1.82, 2.24) is 14.8 Å². The summed E-state index contributed by atoms with van der Waals surface area (Å²) >= 11 is 1.42. The molecule has 0 N–H and O–H groups in total. The molecule has 3 heterocycles. The summed E-state index contributed by atoms with van der Waals surface area (Å²) in [5.41, 5.74) is 2.17. The van der Waals surface area contributed by atoms with Crippen molar-refractivity contribution in [3.05, 3.63) is 16.6 Å². The lowest BCUT2D eigenvalue weighted by atomic mass is 9.99. The van der Waals surface area contributed by atoms with Gasteiger partial charge in [-0.2, -0.15) is 0 Å². The summed E-state index contributed by atoms with van der Waals surface area (Å²) in [7, 11) is 1.86. The van der Waals surface area contributed by atoms with Gasteiger partial charge in [-0.05, 0) is 12.8 Å². The van der Waals surface area contributed by atoms with Crippen LogP contribution < -0.4 is 0 Å². The SMILES string of the molecule is CN1C(=O)[C@@H]2CCC[C@H]1CN(C(=O)c1cscn1)C2. The maximum Gasteiger partial charge on any atom is 0.273 e. The second-order valence-corrected chi connectivity index (χ2v) is 6.03. The molecule has 2 fully saturated rings. The van der Waals surface area contributed by atoms with Gasteiger partial charge in [0.2, 0.25) is 5.91 Å². The van der Waals surface area contributed by atoms with Crippen molar-refractivity contribution in [2.45, 2.75) is 25.3 Å². The number of thiazole rings is 1. The number of carbonyl (C=O) groups is 2. The molecule has 0 aromatic carbocycles. The summed E-state index contributed by atoms with van der Waals surface area (Å²) in [5.74, 6) is 0.109. The predicted octanol–water partition coefficient (Wildman–Crippen LogP) is 1.23. The molecule has 5 nitrogen and oxygen atoms in total. The Labute approximate surface area is 116 Å². The van der Waals surface area contributed by atoms with Gasteiger partial charge in [-0.25, -0.2) is 4.98 Å². The summed E-state index contributed by atoms with van der Waals surface area (Å²) in [6.07, 6.45) is 2.95. The average molecular weight is 279 g/mol. The van der Waals surface area contributed by atoms with Crippen LogP contribution in [0.5, 0.6) is 0 Å². The number of likely N-dealkylation sites (N-methyl/N-ethyl adjacent to an activating group) is 1. The first kappa shape index (κ1) is 12.6. The predicted molar refractivity (Wildman–Crippen MR) is 71.9 cm³/mol. The highest BCUT2D eigenvalue weighted by molar-refractivity contribution is 7.07. The zero-order valence-corrected chi connectivity index (χ0v) is 11.7. The molecule has 0 radical (unpaired) electrons. The van der Waals surface area contributed by atoms with Gasteiger partial charge < -0.3 is 9.80 Å². The van der Waals surface area contributed by atoms with E-state index in [1.54, 1.807) is 10.9 Å². The highest BCUT2D eigenvalue weighted by atomic mass is 32.1. The van der Waals surface area contributed by atoms with E-state index in [-0.39, 0.29) is 23.8 Å². The van der Waals surface area contributed by atoms with E-state index in [1.165, 1.54) is 11.3 Å². The third-order valence-electron chi connectivity index (χ3n) is 4.15. The first-order valence-corrected chi connectivity index (χ1v) is 7.55. The Morgan fingerprint density at radius 3 is 3.00 bits per heavy atom. The van der Waals surface area contributed by atoms with E-state index < -0.39 is 0 Å². The van der Waals surface area contributed by atoms with Crippen molar-refractivity contribution >= 4 is 23.2 Å². The van der Waals surface area contributed by atoms with E-state index in [0.717, 1.165) is 19.3 Å². The number of hydrogen-bond acceptors (Lipinski definition) is 4. The topological polar surface area (TPSA) is 53.5 Å². The third-order valence-corrected chi connectivity index (χ3v) is 4.73. The van der Waals surface area contributed by atoms with Crippen molar-refractivity contribution in [3.63, 3.8) is 0 Å². The van der Waals surface area contributed by atoms with Gasteiger partial charge >= 0.3 is 0 Å². The Morgan fingerprint density at radius 1 is 1.42 bits per heavy atom. The summed E-state index contributed by atoms with van der Waals surface area (Å²) < 4.78 is 0. The molecule has 2 aliphatic heterocycles. The van der Waals surface area contributed by atoms with Gasteiger partial charge in [-0.1, -0.05) is 6.42 Å². The number of amides is 2. The van der Waals surface area contributed by atoms with Crippen LogP contribution in [-0.2, 0) is 4.79 Å². The lowest BCUT2D eigenvalue weighted by molar-refractivity contribution is -0.134. The number of aromatic nitrogens is 1. The van der Waals surface area contributed by atoms with E-state index in [9.17, 15) is 9.59 Å². The second kappa shape index (κ2) is 4.92. The molecule has 0 unspecified atom stereocenters. The first-order chi connectivity index (χ1) is 9.16. The maximum atomic E-state index is 12.4. The van der Waals surface area contributed by atoms with Crippen molar-refractivity contribution in [1.29, 1.82) is 0 Å². The molecule has 19 heavy (non-hydrogen) atoms. The van der Waals surface area contributed by atoms with E-state index in [4.69, 9.17) is 0 Å². The van der Waals surface area contributed by atoms with Crippen LogP contribution in [0, 0.1) is 5.92 Å². The van der Waals surface area contributed by atoms with Crippen LogP contribution in [0.25, 0.3) is 0 Å². The standard InChI is InChI=1S/C13H17N3O2S/c1-15-10-4-2-3-9(12(15)17)5-16(6-10)13(18)11-7-19-8-14-11/h7-10H,2-6H2,1H3/t9-,10+/m1/s1. The minimum Gasteiger partial charge on any atom is -0.341 e. The Hall–Kier alpha value is -1.43. The van der Waals surface area contributed by atoms with Crippen LogP contribution in [0.15, 0.2) is 10.9 Å². The molecule has 6 heteroatoms. The molecule has 2 aliphatic rings. The number of hydrogen-bond donors (Lipinski definition) is 0. The molecule has 1 aromatic rings. The lowest BCUT2D eigenvalue weighted by Gasteiger charge is -2.29. The summed E-state index contributed by atoms with van der Waals surface area (Å²) in [6.45, 7) is 1.17. The van der Waals surface area contributed by atoms with Gasteiger partial charge in [0.1, 0.15) is 5.69 Å². The van der Waals surface area contributed by atoms with Crippen molar-refractivity contribution in [3.8, 4) is 0 Å². The van der Waals surface area contributed by atoms with Gasteiger partial charge in [0, 0.05) is 31.6 Å². The maximum absolute atomic E-state index is 12.4. The molecule has 2 saturated heterocycles. The van der Waals surface area contributed by atoms with Gasteiger partial charge in [-0.15, -0.1) is 11.3 Å². The highest BCUT2D eigenvalue weighted by Gasteiger charge is 2.38. The fourth-order valence-electron chi connectivity index (χ4n) is 3.01. The quantitative estimate of drug-likeness (QED) is 0.777. The average Bonchev–Trinajstić information content (AvgIpc) is 2.83. The monoisotopic (exact) mass is 279 g/mol. The number of rotatable bonds is 1. The molecule has 1 aromatic heterocycles. The lowest BCUT2D eigenvalue weighted by Crippen LogP contribution is -2.42. The first-order valence-electron chi connectivity index (χ1n) is 6.61. The highest BCUT2D eigenvalue weighted by Crippen LogP contribution is 2.27. The van der Waals surface area contributed by atoms with Gasteiger partial charge in [0.25, 0.3) is 5.91 Å². The van der Waals surface area contributed by atoms with Gasteiger partial charge in [-0.3, -0.25) is 9.59 Å². The number of nitrogens with zero attached hydrogens (tertiary/aromatic N) is 3. The van der Waals surface area contributed by atoms with Crippen molar-refractivity contribution in [2.24, 2.45) is 5.92 Å². The van der Waals surface area contributed by atoms with E-state index in [2.05, 4.69) is 4.98 Å². The van der Waals surface area contributed by atoms with Crippen LogP contribution in [0.1, 0.15) is 29.8 Å². The van der Waals surface area contributed by atoms with Crippen LogP contribution in [-0.4, -0.2) is 52.8 Å². The van der Waals surface area contributed by atoms with Crippen molar-refractivity contribution in [2.75, 3.05) is 20.1 Å². The Morgan fingerprint density at radius 2 is 2.26 bits per heavy atom. The molecule has 0 aliphatic carbocycles. The molecule has 102 valence electrons. The van der Waals surface area contributed by atoms with Crippen LogP contribution >= 0.6 is 11.3 Å². The number of likely N-dealkylation sites (tertiary alicyclic amines) is 1. The zero-order valence-electron chi connectivity index (χ0n) is 10.9. The number of fused-ring (bicyclic) bond motifs is 3. The van der Waals surface area contributed by atoms with Crippen molar-refractivity contribution < 1.29 is 9.59 Å². The molecule has 3 rings (SSSR count). The third kappa shape index (κ3) is 2.25. The van der Waals surface area contributed by atoms with E-state index in [0.29, 0.717) is 18.8 Å². The Kier molecular flexibility index (Phi) is 3.26.